The first-order chi connectivity index (χ1) is 11.7. The lowest BCUT2D eigenvalue weighted by Crippen LogP contribution is -2.53. The number of hydrogen-bond acceptors (Lipinski definition) is 3. The molecule has 0 aromatic heterocycles. The maximum absolute atomic E-state index is 13.1. The fraction of sp³-hybridized carbons (Fsp3) is 0.611. The van der Waals surface area contributed by atoms with Crippen molar-refractivity contribution in [2.75, 3.05) is 19.8 Å². The number of benzene rings is 1. The van der Waals surface area contributed by atoms with Crippen LogP contribution in [-0.4, -0.2) is 38.0 Å². The zero-order valence-corrected chi connectivity index (χ0v) is 13.8. The maximum Gasteiger partial charge on any atom is 0.315 e. The van der Waals surface area contributed by atoms with E-state index in [4.69, 9.17) is 9.47 Å². The molecule has 2 fully saturated rings. The molecule has 5 nitrogen and oxygen atoms in total. The summed E-state index contributed by atoms with van der Waals surface area (Å²) in [7, 11) is 0. The maximum atomic E-state index is 13.1. The molecule has 24 heavy (non-hydrogen) atoms. The monoisotopic (exact) mass is 336 g/mol. The van der Waals surface area contributed by atoms with Crippen LogP contribution in [0.3, 0.4) is 0 Å². The summed E-state index contributed by atoms with van der Waals surface area (Å²) in [6.45, 7) is 2.18. The lowest BCUT2D eigenvalue weighted by atomic mass is 9.86. The minimum absolute atomic E-state index is 0.000676. The Bertz CT molecular complexity index is 551. The van der Waals surface area contributed by atoms with Crippen molar-refractivity contribution in [1.29, 1.82) is 0 Å². The third-order valence-corrected chi connectivity index (χ3v) is 4.72. The van der Waals surface area contributed by atoms with Gasteiger partial charge in [0.1, 0.15) is 5.82 Å². The van der Waals surface area contributed by atoms with Gasteiger partial charge >= 0.3 is 6.03 Å². The van der Waals surface area contributed by atoms with Gasteiger partial charge in [0, 0.05) is 19.8 Å². The second-order valence-corrected chi connectivity index (χ2v) is 6.60. The molecule has 2 amide bonds. The highest BCUT2D eigenvalue weighted by Gasteiger charge is 2.29. The van der Waals surface area contributed by atoms with Gasteiger partial charge in [0.2, 0.25) is 0 Å². The van der Waals surface area contributed by atoms with Gasteiger partial charge in [0.25, 0.3) is 0 Å². The fourth-order valence-electron chi connectivity index (χ4n) is 3.02. The van der Waals surface area contributed by atoms with Crippen molar-refractivity contribution >= 4 is 6.03 Å². The number of amides is 2. The summed E-state index contributed by atoms with van der Waals surface area (Å²) in [5, 5.41) is 5.67. The molecule has 2 aliphatic rings. The molecule has 1 aliphatic heterocycles. The molecule has 0 radical (unpaired) electrons. The summed E-state index contributed by atoms with van der Waals surface area (Å²) in [5.41, 5.74) is 0.725. The number of urea groups is 1. The lowest BCUT2D eigenvalue weighted by molar-refractivity contribution is -0.0689. The second-order valence-electron chi connectivity index (χ2n) is 6.60. The topological polar surface area (TPSA) is 59.6 Å². The molecule has 1 saturated carbocycles. The Balaban J connectivity index is 1.44. The second kappa shape index (κ2) is 8.44. The van der Waals surface area contributed by atoms with E-state index in [0.29, 0.717) is 19.1 Å². The van der Waals surface area contributed by atoms with E-state index in [-0.39, 0.29) is 30.5 Å². The Morgan fingerprint density at radius 3 is 2.96 bits per heavy atom. The van der Waals surface area contributed by atoms with Crippen LogP contribution in [0, 0.1) is 11.7 Å². The number of hydrogen-bond donors (Lipinski definition) is 2. The van der Waals surface area contributed by atoms with Gasteiger partial charge in [-0.15, -0.1) is 0 Å². The highest BCUT2D eigenvalue weighted by Crippen LogP contribution is 2.27. The molecule has 1 heterocycles. The van der Waals surface area contributed by atoms with Crippen LogP contribution in [0.25, 0.3) is 0 Å². The van der Waals surface area contributed by atoms with Crippen molar-refractivity contribution in [3.8, 4) is 0 Å². The molecule has 2 N–H and O–H groups in total. The van der Waals surface area contributed by atoms with Crippen LogP contribution in [0.15, 0.2) is 24.3 Å². The van der Waals surface area contributed by atoms with E-state index in [1.54, 1.807) is 12.1 Å². The molecule has 0 spiro atoms. The fourth-order valence-corrected chi connectivity index (χ4v) is 3.02. The smallest absolute Gasteiger partial charge is 0.315 e. The third kappa shape index (κ3) is 4.92. The Morgan fingerprint density at radius 1 is 1.33 bits per heavy atom. The van der Waals surface area contributed by atoms with Crippen LogP contribution in [-0.2, 0) is 16.0 Å². The number of rotatable bonds is 6. The van der Waals surface area contributed by atoms with E-state index < -0.39 is 0 Å². The van der Waals surface area contributed by atoms with Crippen molar-refractivity contribution in [3.05, 3.63) is 35.6 Å². The van der Waals surface area contributed by atoms with Gasteiger partial charge < -0.3 is 20.1 Å². The molecule has 1 saturated heterocycles. The van der Waals surface area contributed by atoms with Gasteiger partial charge in [-0.25, -0.2) is 9.18 Å². The van der Waals surface area contributed by atoms with E-state index in [1.807, 2.05) is 0 Å². The van der Waals surface area contributed by atoms with E-state index in [2.05, 4.69) is 10.6 Å². The number of carbonyl (C=O) groups excluding carboxylic acids is 1. The summed E-state index contributed by atoms with van der Waals surface area (Å²) in [6.07, 6.45) is 4.58. The molecule has 1 aliphatic carbocycles. The molecule has 0 unspecified atom stereocenters. The zero-order chi connectivity index (χ0) is 16.8. The number of nitrogens with one attached hydrogen (secondary N) is 2. The van der Waals surface area contributed by atoms with Crippen molar-refractivity contribution in [2.24, 2.45) is 5.92 Å². The average Bonchev–Trinajstić information content (AvgIpc) is 2.53. The Labute approximate surface area is 141 Å². The molecule has 1 aromatic rings. The molecule has 6 heteroatoms. The number of carbonyl (C=O) groups is 1. The standard InChI is InChI=1S/C18H25FN2O3/c19-15-6-2-5-14(9-15)10-20-18(22)21-16-12-23-8-7-17(16)24-11-13-3-1-4-13/h2,5-6,9,13,16-17H,1,3-4,7-8,10-12H2,(H2,20,21,22)/t16-,17+/m1/s1. The lowest BCUT2D eigenvalue weighted by Gasteiger charge is -2.34. The first-order valence-corrected chi connectivity index (χ1v) is 8.69. The Hall–Kier alpha value is -1.66. The zero-order valence-electron chi connectivity index (χ0n) is 13.8. The molecule has 2 atom stereocenters. The van der Waals surface area contributed by atoms with Crippen molar-refractivity contribution in [1.82, 2.24) is 10.6 Å². The van der Waals surface area contributed by atoms with E-state index in [0.717, 1.165) is 18.6 Å². The van der Waals surface area contributed by atoms with Gasteiger partial charge in [-0.05, 0) is 42.9 Å². The summed E-state index contributed by atoms with van der Waals surface area (Å²) in [6, 6.07) is 5.77. The highest BCUT2D eigenvalue weighted by atomic mass is 19.1. The summed E-state index contributed by atoms with van der Waals surface area (Å²) >= 11 is 0. The van der Waals surface area contributed by atoms with Crippen LogP contribution < -0.4 is 10.6 Å². The van der Waals surface area contributed by atoms with Crippen LogP contribution in [0.2, 0.25) is 0 Å². The predicted molar refractivity (Wildman–Crippen MR) is 88.1 cm³/mol. The quantitative estimate of drug-likeness (QED) is 0.839. The Kier molecular flexibility index (Phi) is 6.04. The molecule has 132 valence electrons. The molecular formula is C18H25FN2O3. The molecule has 1 aromatic carbocycles. The van der Waals surface area contributed by atoms with Gasteiger partial charge in [0.05, 0.1) is 18.8 Å². The van der Waals surface area contributed by atoms with Gasteiger partial charge in [-0.3, -0.25) is 0 Å². The molecule has 3 rings (SSSR count). The minimum Gasteiger partial charge on any atom is -0.379 e. The normalized spacial score (nSPS) is 24.2. The SMILES string of the molecule is O=C(NCc1cccc(F)c1)N[C@@H]1COCC[C@@H]1OCC1CCC1. The average molecular weight is 336 g/mol. The summed E-state index contributed by atoms with van der Waals surface area (Å²) in [5.74, 6) is 0.371. The van der Waals surface area contributed by atoms with Crippen molar-refractivity contribution in [3.63, 3.8) is 0 Å². The predicted octanol–water partition coefficient (Wildman–Crippen LogP) is 2.60. The molecular weight excluding hydrogens is 311 g/mol. The number of ether oxygens (including phenoxy) is 2. The molecule has 0 bridgehead atoms. The van der Waals surface area contributed by atoms with E-state index >= 15 is 0 Å². The van der Waals surface area contributed by atoms with E-state index in [1.165, 1.54) is 31.4 Å². The third-order valence-electron chi connectivity index (χ3n) is 4.72. The van der Waals surface area contributed by atoms with Crippen LogP contribution >= 0.6 is 0 Å². The van der Waals surface area contributed by atoms with Crippen LogP contribution in [0.5, 0.6) is 0 Å². The summed E-state index contributed by atoms with van der Waals surface area (Å²) < 4.78 is 24.6. The largest absolute Gasteiger partial charge is 0.379 e. The van der Waals surface area contributed by atoms with Gasteiger partial charge in [0.15, 0.2) is 0 Å². The summed E-state index contributed by atoms with van der Waals surface area (Å²) in [4.78, 5) is 12.1. The van der Waals surface area contributed by atoms with Gasteiger partial charge in [-0.1, -0.05) is 18.6 Å². The van der Waals surface area contributed by atoms with Crippen molar-refractivity contribution < 1.29 is 18.7 Å². The van der Waals surface area contributed by atoms with E-state index in [9.17, 15) is 9.18 Å². The first-order valence-electron chi connectivity index (χ1n) is 8.69. The highest BCUT2D eigenvalue weighted by molar-refractivity contribution is 5.74. The van der Waals surface area contributed by atoms with Crippen molar-refractivity contribution in [2.45, 2.75) is 44.4 Å². The van der Waals surface area contributed by atoms with Gasteiger partial charge in [-0.2, -0.15) is 0 Å². The minimum atomic E-state index is -0.306. The number of halogens is 1. The Morgan fingerprint density at radius 2 is 2.21 bits per heavy atom. The van der Waals surface area contributed by atoms with Crippen LogP contribution in [0.1, 0.15) is 31.2 Å². The first kappa shape index (κ1) is 17.2. The van der Waals surface area contributed by atoms with Crippen LogP contribution in [0.4, 0.5) is 9.18 Å².